The molecule has 1 aliphatic heterocycles. The molecule has 0 aliphatic carbocycles. The molecule has 1 fully saturated rings. The van der Waals surface area contributed by atoms with E-state index in [1.165, 1.54) is 25.9 Å². The highest BCUT2D eigenvalue weighted by atomic mass is 15.2. The first-order valence-corrected chi connectivity index (χ1v) is 5.46. The molecule has 0 radical (unpaired) electrons. The summed E-state index contributed by atoms with van der Waals surface area (Å²) in [4.78, 5) is 2.60. The predicted octanol–water partition coefficient (Wildman–Crippen LogP) is 3.15. The van der Waals surface area contributed by atoms with Crippen LogP contribution in [0, 0.1) is 5.92 Å². The Morgan fingerprint density at radius 2 is 1.33 bits per heavy atom. The van der Waals surface area contributed by atoms with E-state index >= 15 is 0 Å². The first kappa shape index (κ1) is 12.0. The van der Waals surface area contributed by atoms with Gasteiger partial charge in [-0.1, -0.05) is 27.7 Å². The highest BCUT2D eigenvalue weighted by Gasteiger charge is 2.19. The summed E-state index contributed by atoms with van der Waals surface area (Å²) in [6.45, 7) is 13.6. The van der Waals surface area contributed by atoms with Crippen molar-refractivity contribution < 1.29 is 0 Å². The quantitative estimate of drug-likeness (QED) is 0.617. The molecule has 74 valence electrons. The van der Waals surface area contributed by atoms with E-state index in [0.717, 1.165) is 12.0 Å². The van der Waals surface area contributed by atoms with E-state index in [2.05, 4.69) is 25.7 Å². The maximum absolute atomic E-state index is 2.60. The molecule has 12 heavy (non-hydrogen) atoms. The average Bonchev–Trinajstić information content (AvgIpc) is 2.58. The molecular weight excluding hydrogens is 146 g/mol. The number of rotatable bonds is 2. The molecule has 0 amide bonds. The Bertz CT molecular complexity index is 93.2. The van der Waals surface area contributed by atoms with Gasteiger partial charge in [0.15, 0.2) is 0 Å². The Morgan fingerprint density at radius 3 is 1.67 bits per heavy atom. The SMILES string of the molecule is CC.CC(C)C(C)N1CCCC1. The van der Waals surface area contributed by atoms with Gasteiger partial charge in [-0.15, -0.1) is 0 Å². The van der Waals surface area contributed by atoms with Crippen molar-refractivity contribution in [3.63, 3.8) is 0 Å². The van der Waals surface area contributed by atoms with Gasteiger partial charge in [0.25, 0.3) is 0 Å². The van der Waals surface area contributed by atoms with Gasteiger partial charge in [0.05, 0.1) is 0 Å². The lowest BCUT2D eigenvalue weighted by atomic mass is 10.1. The van der Waals surface area contributed by atoms with Crippen LogP contribution in [0.15, 0.2) is 0 Å². The van der Waals surface area contributed by atoms with E-state index in [9.17, 15) is 0 Å². The molecule has 1 unspecified atom stereocenters. The third-order valence-corrected chi connectivity index (χ3v) is 2.68. The Kier molecular flexibility index (Phi) is 6.45. The zero-order valence-electron chi connectivity index (χ0n) is 9.43. The van der Waals surface area contributed by atoms with Crippen LogP contribution < -0.4 is 0 Å². The van der Waals surface area contributed by atoms with Crippen LogP contribution in [0.3, 0.4) is 0 Å². The van der Waals surface area contributed by atoms with Crippen LogP contribution in [0.2, 0.25) is 0 Å². The monoisotopic (exact) mass is 171 g/mol. The summed E-state index contributed by atoms with van der Waals surface area (Å²) in [5, 5.41) is 0. The predicted molar refractivity (Wildman–Crippen MR) is 56.5 cm³/mol. The summed E-state index contributed by atoms with van der Waals surface area (Å²) in [5.74, 6) is 0.818. The Morgan fingerprint density at radius 1 is 0.917 bits per heavy atom. The van der Waals surface area contributed by atoms with Gasteiger partial charge < -0.3 is 4.90 Å². The first-order chi connectivity index (χ1) is 5.72. The van der Waals surface area contributed by atoms with Gasteiger partial charge in [0, 0.05) is 6.04 Å². The number of likely N-dealkylation sites (tertiary alicyclic amines) is 1. The van der Waals surface area contributed by atoms with Crippen molar-refractivity contribution >= 4 is 0 Å². The summed E-state index contributed by atoms with van der Waals surface area (Å²) in [6, 6.07) is 0.794. The maximum atomic E-state index is 2.60. The van der Waals surface area contributed by atoms with Crippen LogP contribution in [0.4, 0.5) is 0 Å². The number of hydrogen-bond acceptors (Lipinski definition) is 1. The van der Waals surface area contributed by atoms with Crippen molar-refractivity contribution in [3.8, 4) is 0 Å². The summed E-state index contributed by atoms with van der Waals surface area (Å²) >= 11 is 0. The molecule has 0 aromatic rings. The second-order valence-electron chi connectivity index (χ2n) is 3.73. The molecule has 1 nitrogen and oxygen atoms in total. The smallest absolute Gasteiger partial charge is 0.00899 e. The van der Waals surface area contributed by atoms with E-state index in [-0.39, 0.29) is 0 Å². The highest BCUT2D eigenvalue weighted by molar-refractivity contribution is 4.74. The third-order valence-electron chi connectivity index (χ3n) is 2.68. The Balaban J connectivity index is 0.000000561. The summed E-state index contributed by atoms with van der Waals surface area (Å²) in [6.07, 6.45) is 2.83. The van der Waals surface area contributed by atoms with Crippen molar-refractivity contribution in [1.82, 2.24) is 4.90 Å². The van der Waals surface area contributed by atoms with Gasteiger partial charge in [-0.2, -0.15) is 0 Å². The van der Waals surface area contributed by atoms with Crippen molar-refractivity contribution in [1.29, 1.82) is 0 Å². The van der Waals surface area contributed by atoms with Crippen LogP contribution in [-0.4, -0.2) is 24.0 Å². The molecule has 1 rings (SSSR count). The molecule has 1 atom stereocenters. The fourth-order valence-corrected chi connectivity index (χ4v) is 1.57. The third kappa shape index (κ3) is 3.57. The van der Waals surface area contributed by atoms with E-state index in [0.29, 0.717) is 0 Å². The average molecular weight is 171 g/mol. The largest absolute Gasteiger partial charge is 0.300 e. The minimum Gasteiger partial charge on any atom is -0.300 e. The lowest BCUT2D eigenvalue weighted by Gasteiger charge is -2.26. The van der Waals surface area contributed by atoms with Gasteiger partial charge in [0.1, 0.15) is 0 Å². The molecule has 0 bridgehead atoms. The topological polar surface area (TPSA) is 3.24 Å². The number of nitrogens with zero attached hydrogens (tertiary/aromatic N) is 1. The summed E-state index contributed by atoms with van der Waals surface area (Å²) in [5.41, 5.74) is 0. The Hall–Kier alpha value is -0.0400. The van der Waals surface area contributed by atoms with Crippen LogP contribution in [0.1, 0.15) is 47.5 Å². The highest BCUT2D eigenvalue weighted by Crippen LogP contribution is 2.16. The summed E-state index contributed by atoms with van der Waals surface area (Å²) < 4.78 is 0. The fourth-order valence-electron chi connectivity index (χ4n) is 1.57. The van der Waals surface area contributed by atoms with E-state index < -0.39 is 0 Å². The standard InChI is InChI=1S/C9H19N.C2H6/c1-8(2)9(3)10-6-4-5-7-10;1-2/h8-9H,4-7H2,1-3H3;1-2H3. The molecule has 0 saturated carbocycles. The van der Waals surface area contributed by atoms with Crippen molar-refractivity contribution in [2.24, 2.45) is 5.92 Å². The van der Waals surface area contributed by atoms with Crippen molar-refractivity contribution in [2.75, 3.05) is 13.1 Å². The zero-order valence-corrected chi connectivity index (χ0v) is 9.43. The van der Waals surface area contributed by atoms with Gasteiger partial charge in [-0.25, -0.2) is 0 Å². The van der Waals surface area contributed by atoms with Crippen LogP contribution in [0.25, 0.3) is 0 Å². The van der Waals surface area contributed by atoms with Gasteiger partial charge in [-0.05, 0) is 38.8 Å². The zero-order chi connectivity index (χ0) is 9.56. The van der Waals surface area contributed by atoms with Crippen molar-refractivity contribution in [3.05, 3.63) is 0 Å². The fraction of sp³-hybridized carbons (Fsp3) is 1.00. The second-order valence-corrected chi connectivity index (χ2v) is 3.73. The summed E-state index contributed by atoms with van der Waals surface area (Å²) in [7, 11) is 0. The minimum atomic E-state index is 0.794. The van der Waals surface area contributed by atoms with Gasteiger partial charge >= 0.3 is 0 Å². The van der Waals surface area contributed by atoms with E-state index in [1.54, 1.807) is 0 Å². The van der Waals surface area contributed by atoms with Crippen LogP contribution in [-0.2, 0) is 0 Å². The van der Waals surface area contributed by atoms with Crippen molar-refractivity contribution in [2.45, 2.75) is 53.5 Å². The molecule has 0 aromatic carbocycles. The minimum absolute atomic E-state index is 0.794. The lowest BCUT2D eigenvalue weighted by Crippen LogP contribution is -2.33. The first-order valence-electron chi connectivity index (χ1n) is 5.46. The molecular formula is C11H25N. The van der Waals surface area contributed by atoms with Gasteiger partial charge in [0.2, 0.25) is 0 Å². The lowest BCUT2D eigenvalue weighted by molar-refractivity contribution is 0.208. The molecule has 1 aliphatic rings. The van der Waals surface area contributed by atoms with E-state index in [1.807, 2.05) is 13.8 Å². The normalized spacial score (nSPS) is 20.5. The molecule has 1 heterocycles. The van der Waals surface area contributed by atoms with Gasteiger partial charge in [-0.3, -0.25) is 0 Å². The molecule has 0 aromatic heterocycles. The number of hydrogen-bond donors (Lipinski definition) is 0. The molecule has 1 saturated heterocycles. The maximum Gasteiger partial charge on any atom is 0.00899 e. The molecule has 0 spiro atoms. The molecule has 1 heteroatoms. The van der Waals surface area contributed by atoms with Crippen LogP contribution in [0.5, 0.6) is 0 Å². The van der Waals surface area contributed by atoms with Crippen LogP contribution >= 0.6 is 0 Å². The van der Waals surface area contributed by atoms with E-state index in [4.69, 9.17) is 0 Å². The molecule has 0 N–H and O–H groups in total. The second kappa shape index (κ2) is 6.47. The Labute approximate surface area is 78.1 Å².